The Kier molecular flexibility index (Phi) is 9.22. The molecule has 0 bridgehead atoms. The van der Waals surface area contributed by atoms with Crippen molar-refractivity contribution in [2.24, 2.45) is 0 Å². The summed E-state index contributed by atoms with van der Waals surface area (Å²) in [7, 11) is -2.47. The topological polar surface area (TPSA) is 0 Å². The zero-order chi connectivity index (χ0) is 19.4. The van der Waals surface area contributed by atoms with Crippen LogP contribution < -0.4 is 29.2 Å². The predicted octanol–water partition coefficient (Wildman–Crippen LogP) is 3.33. The molecule has 0 N–H and O–H groups in total. The molecule has 0 aliphatic rings. The van der Waals surface area contributed by atoms with Crippen molar-refractivity contribution in [1.29, 1.82) is 0 Å². The van der Waals surface area contributed by atoms with Gasteiger partial charge in [-0.3, -0.25) is 0 Å². The van der Waals surface area contributed by atoms with Crippen molar-refractivity contribution < 1.29 is 18.9 Å². The maximum atomic E-state index is 2.42. The van der Waals surface area contributed by atoms with Gasteiger partial charge in [0.15, 0.2) is 0 Å². The van der Waals surface area contributed by atoms with Crippen molar-refractivity contribution in [3.63, 3.8) is 0 Å². The van der Waals surface area contributed by atoms with E-state index in [1.807, 2.05) is 0 Å². The molecule has 0 unspecified atom stereocenters. The molecule has 142 valence electrons. The minimum atomic E-state index is -1.23. The van der Waals surface area contributed by atoms with Crippen LogP contribution in [-0.2, 0) is 0 Å². The van der Waals surface area contributed by atoms with Gasteiger partial charge in [-0.1, -0.05) is 107 Å². The van der Waals surface area contributed by atoms with Crippen LogP contribution in [0.5, 0.6) is 0 Å². The van der Waals surface area contributed by atoms with E-state index in [4.69, 9.17) is 0 Å². The second kappa shape index (κ2) is 10.2. The van der Waals surface area contributed by atoms with Gasteiger partial charge in [0.25, 0.3) is 0 Å². The van der Waals surface area contributed by atoms with E-state index < -0.39 is 16.1 Å². The Bertz CT molecular complexity index is 619. The summed E-state index contributed by atoms with van der Waals surface area (Å²) in [5.74, 6) is 1.52. The molecule has 0 saturated heterocycles. The van der Waals surface area contributed by atoms with Crippen molar-refractivity contribution in [2.75, 3.05) is 0 Å². The standard InChI is InChI=1S/C24H37Si2.Li/c1-8-9-10-11-24(20-12-16-22(17-13-20)25(2,3)4)21-14-18-23(19-15-21)26(5,6)7;/h12-19H,8-11H2,1-7H3;/q-1;+1. The van der Waals surface area contributed by atoms with E-state index in [2.05, 4.69) is 94.7 Å². The normalized spacial score (nSPS) is 11.8. The van der Waals surface area contributed by atoms with Crippen molar-refractivity contribution in [3.8, 4) is 0 Å². The SMILES string of the molecule is CCCCC[C-](c1ccc([Si](C)(C)C)cc1)c1ccc([Si](C)(C)C)cc1.[Li+]. The molecule has 0 aliphatic carbocycles. The summed E-state index contributed by atoms with van der Waals surface area (Å²) in [6.07, 6.45) is 5.03. The quantitative estimate of drug-likeness (QED) is 0.370. The largest absolute Gasteiger partial charge is 1.00 e. The van der Waals surface area contributed by atoms with Crippen LogP contribution in [0.1, 0.15) is 43.7 Å². The minimum absolute atomic E-state index is 0. The maximum Gasteiger partial charge on any atom is 1.00 e. The summed E-state index contributed by atoms with van der Waals surface area (Å²) < 4.78 is 0. The summed E-state index contributed by atoms with van der Waals surface area (Å²) in [5.41, 5.74) is 2.81. The van der Waals surface area contributed by atoms with Crippen LogP contribution in [0.4, 0.5) is 0 Å². The third-order valence-corrected chi connectivity index (χ3v) is 9.36. The molecule has 3 heteroatoms. The van der Waals surface area contributed by atoms with Gasteiger partial charge in [-0.2, -0.15) is 0 Å². The molecule has 2 rings (SSSR count). The number of hydrogen-bond acceptors (Lipinski definition) is 0. The predicted molar refractivity (Wildman–Crippen MR) is 124 cm³/mol. The molecule has 0 saturated carbocycles. The Labute approximate surface area is 182 Å². The van der Waals surface area contributed by atoms with E-state index in [1.54, 1.807) is 10.4 Å². The van der Waals surface area contributed by atoms with Crippen molar-refractivity contribution in [3.05, 3.63) is 65.6 Å². The Morgan fingerprint density at radius 1 is 0.630 bits per heavy atom. The number of hydrogen-bond donors (Lipinski definition) is 0. The molecule has 0 amide bonds. The van der Waals surface area contributed by atoms with Crippen LogP contribution in [0.25, 0.3) is 0 Å². The fourth-order valence-corrected chi connectivity index (χ4v) is 5.68. The first-order valence-corrected chi connectivity index (χ1v) is 17.2. The van der Waals surface area contributed by atoms with Crippen molar-refractivity contribution in [2.45, 2.75) is 71.9 Å². The van der Waals surface area contributed by atoms with Gasteiger partial charge in [0.2, 0.25) is 0 Å². The first kappa shape index (κ1) is 24.4. The van der Waals surface area contributed by atoms with E-state index in [0.29, 0.717) is 0 Å². The molecule has 0 aromatic heterocycles. The molecule has 27 heavy (non-hydrogen) atoms. The van der Waals surface area contributed by atoms with Gasteiger partial charge in [0.1, 0.15) is 0 Å². The van der Waals surface area contributed by atoms with Crippen LogP contribution in [0.3, 0.4) is 0 Å². The molecule has 0 radical (unpaired) electrons. The Morgan fingerprint density at radius 3 is 1.30 bits per heavy atom. The van der Waals surface area contributed by atoms with Gasteiger partial charge >= 0.3 is 18.9 Å². The second-order valence-corrected chi connectivity index (χ2v) is 19.7. The first-order chi connectivity index (χ1) is 12.1. The van der Waals surface area contributed by atoms with Crippen molar-refractivity contribution in [1.82, 2.24) is 0 Å². The monoisotopic (exact) mass is 388 g/mol. The molecular weight excluding hydrogens is 351 g/mol. The molecule has 2 aromatic carbocycles. The Morgan fingerprint density at radius 2 is 1.00 bits per heavy atom. The number of rotatable bonds is 8. The van der Waals surface area contributed by atoms with Crippen LogP contribution in [0.15, 0.2) is 48.5 Å². The molecule has 2 aromatic rings. The zero-order valence-corrected chi connectivity index (χ0v) is 20.9. The third-order valence-electron chi connectivity index (χ3n) is 5.23. The third kappa shape index (κ3) is 7.02. The molecule has 0 spiro atoms. The van der Waals surface area contributed by atoms with Gasteiger partial charge in [-0.25, -0.2) is 0 Å². The van der Waals surface area contributed by atoms with Crippen LogP contribution in [0.2, 0.25) is 39.3 Å². The average Bonchev–Trinajstić information content (AvgIpc) is 2.58. The van der Waals surface area contributed by atoms with Crippen LogP contribution in [-0.4, -0.2) is 16.1 Å². The average molecular weight is 389 g/mol. The maximum absolute atomic E-state index is 2.42. The van der Waals surface area contributed by atoms with Crippen molar-refractivity contribution >= 4 is 26.5 Å². The molecule has 0 heterocycles. The van der Waals surface area contributed by atoms with Crippen LogP contribution in [0, 0.1) is 5.92 Å². The van der Waals surface area contributed by atoms with E-state index in [1.165, 1.54) is 42.7 Å². The smallest absolute Gasteiger partial charge is 0.120 e. The van der Waals surface area contributed by atoms with E-state index in [9.17, 15) is 0 Å². The molecule has 0 atom stereocenters. The summed E-state index contributed by atoms with van der Waals surface area (Å²) >= 11 is 0. The summed E-state index contributed by atoms with van der Waals surface area (Å²) in [6, 6.07) is 18.9. The fraction of sp³-hybridized carbons (Fsp3) is 0.458. The molecule has 0 aliphatic heterocycles. The number of benzene rings is 2. The van der Waals surface area contributed by atoms with E-state index in [0.717, 1.165) is 0 Å². The molecule has 0 fully saturated rings. The molecule has 0 nitrogen and oxygen atoms in total. The summed E-state index contributed by atoms with van der Waals surface area (Å²) in [5, 5.41) is 3.09. The van der Waals surface area contributed by atoms with Gasteiger partial charge in [-0.05, 0) is 0 Å². The zero-order valence-electron chi connectivity index (χ0n) is 18.9. The summed E-state index contributed by atoms with van der Waals surface area (Å²) in [6.45, 7) is 16.8. The van der Waals surface area contributed by atoms with Gasteiger partial charge < -0.3 is 0 Å². The van der Waals surface area contributed by atoms with Gasteiger partial charge in [-0.15, -0.1) is 41.3 Å². The van der Waals surface area contributed by atoms with E-state index in [-0.39, 0.29) is 18.9 Å². The first-order valence-electron chi connectivity index (χ1n) is 10.2. The Balaban J connectivity index is 0.00000364. The fourth-order valence-electron chi connectivity index (χ4n) is 3.35. The molecular formula is C24H37LiSi2. The summed E-state index contributed by atoms with van der Waals surface area (Å²) in [4.78, 5) is 0. The van der Waals surface area contributed by atoms with Crippen LogP contribution >= 0.6 is 0 Å². The Hall–Kier alpha value is -0.659. The van der Waals surface area contributed by atoms with Gasteiger partial charge in [0.05, 0.1) is 16.1 Å². The van der Waals surface area contributed by atoms with E-state index >= 15 is 0 Å². The number of unbranched alkanes of at least 4 members (excludes halogenated alkanes) is 2. The minimum Gasteiger partial charge on any atom is -0.120 e. The second-order valence-electron chi connectivity index (χ2n) is 9.59. The van der Waals surface area contributed by atoms with Gasteiger partial charge in [0, 0.05) is 0 Å².